The molecule has 18 heavy (non-hydrogen) atoms. The van der Waals surface area contributed by atoms with E-state index in [9.17, 15) is 4.79 Å². The number of nitrogens with one attached hydrogen (secondary N) is 1. The summed E-state index contributed by atoms with van der Waals surface area (Å²) in [4.78, 5) is 20.6. The molecule has 98 valence electrons. The third kappa shape index (κ3) is 3.45. The Kier molecular flexibility index (Phi) is 3.84. The van der Waals surface area contributed by atoms with Crippen LogP contribution in [0.25, 0.3) is 6.08 Å². The fraction of sp³-hybridized carbons (Fsp3) is 0.571. The van der Waals surface area contributed by atoms with Gasteiger partial charge in [0, 0.05) is 25.4 Å². The zero-order chi connectivity index (χ0) is 13.1. The summed E-state index contributed by atoms with van der Waals surface area (Å²) in [7, 11) is 0. The lowest BCUT2D eigenvalue weighted by atomic mass is 9.92. The largest absolute Gasteiger partial charge is 0.377 e. The molecule has 0 amide bonds. The van der Waals surface area contributed by atoms with Crippen LogP contribution in [-0.2, 0) is 0 Å². The molecule has 1 saturated heterocycles. The fourth-order valence-corrected chi connectivity index (χ4v) is 2.70. The molecule has 1 aliphatic rings. The number of H-pyrrole nitrogens is 1. The molecule has 0 radical (unpaired) electrons. The first kappa shape index (κ1) is 12.9. The van der Waals surface area contributed by atoms with Gasteiger partial charge in [-0.05, 0) is 31.3 Å². The van der Waals surface area contributed by atoms with Crippen molar-refractivity contribution in [1.29, 1.82) is 0 Å². The molecule has 1 aliphatic heterocycles. The van der Waals surface area contributed by atoms with Gasteiger partial charge >= 0.3 is 0 Å². The van der Waals surface area contributed by atoms with Crippen LogP contribution in [-0.4, -0.2) is 28.0 Å². The molecular formula is C14H21N3O. The lowest BCUT2D eigenvalue weighted by molar-refractivity contribution is 0.193. The van der Waals surface area contributed by atoms with Crippen molar-refractivity contribution in [1.82, 2.24) is 14.9 Å². The molecule has 0 bridgehead atoms. The molecule has 0 saturated carbocycles. The van der Waals surface area contributed by atoms with Crippen molar-refractivity contribution in [2.45, 2.75) is 27.2 Å². The molecule has 2 unspecified atom stereocenters. The first-order valence-corrected chi connectivity index (χ1v) is 6.53. The number of likely N-dealkylation sites (tertiary alicyclic amines) is 1. The molecule has 2 atom stereocenters. The van der Waals surface area contributed by atoms with Crippen molar-refractivity contribution >= 4 is 6.08 Å². The van der Waals surface area contributed by atoms with Gasteiger partial charge in [-0.2, -0.15) is 0 Å². The van der Waals surface area contributed by atoms with Crippen molar-refractivity contribution < 1.29 is 0 Å². The summed E-state index contributed by atoms with van der Waals surface area (Å²) < 4.78 is 0. The summed E-state index contributed by atoms with van der Waals surface area (Å²) >= 11 is 0. The van der Waals surface area contributed by atoms with E-state index in [4.69, 9.17) is 0 Å². The Bertz CT molecular complexity index is 482. The van der Waals surface area contributed by atoms with Crippen LogP contribution in [0.15, 0.2) is 17.1 Å². The standard InChI is InChI=1S/C14H21N3O/c1-10-6-11(2)9-17(8-10)5-4-13-7-14(18)16-12(3)15-13/h4-5,7,10-11H,6,8-9H2,1-3H3,(H,15,16,18). The summed E-state index contributed by atoms with van der Waals surface area (Å²) in [6.45, 7) is 8.54. The first-order chi connectivity index (χ1) is 8.52. The van der Waals surface area contributed by atoms with Crippen LogP contribution in [0.4, 0.5) is 0 Å². The average Bonchev–Trinajstić information content (AvgIpc) is 2.23. The SMILES string of the molecule is Cc1nc(C=CN2CC(C)CC(C)C2)cc(=O)[nH]1. The Hall–Kier alpha value is -1.58. The highest BCUT2D eigenvalue weighted by molar-refractivity contribution is 5.43. The second-order valence-electron chi connectivity index (χ2n) is 5.47. The van der Waals surface area contributed by atoms with E-state index in [0.29, 0.717) is 5.82 Å². The second kappa shape index (κ2) is 5.38. The van der Waals surface area contributed by atoms with E-state index in [1.54, 1.807) is 6.92 Å². The van der Waals surface area contributed by atoms with Crippen LogP contribution in [0.3, 0.4) is 0 Å². The fourth-order valence-electron chi connectivity index (χ4n) is 2.70. The Morgan fingerprint density at radius 2 is 2.06 bits per heavy atom. The van der Waals surface area contributed by atoms with Crippen LogP contribution in [0.1, 0.15) is 31.8 Å². The molecule has 0 spiro atoms. The van der Waals surface area contributed by atoms with E-state index >= 15 is 0 Å². The molecule has 1 aromatic heterocycles. The Labute approximate surface area is 108 Å². The van der Waals surface area contributed by atoms with Gasteiger partial charge in [-0.3, -0.25) is 4.79 Å². The van der Waals surface area contributed by atoms with Gasteiger partial charge in [0.2, 0.25) is 0 Å². The predicted octanol–water partition coefficient (Wildman–Crippen LogP) is 2.03. The summed E-state index contributed by atoms with van der Waals surface area (Å²) in [5.74, 6) is 2.11. The molecular weight excluding hydrogens is 226 g/mol. The minimum Gasteiger partial charge on any atom is -0.377 e. The topological polar surface area (TPSA) is 49.0 Å². The molecule has 0 aliphatic carbocycles. The van der Waals surface area contributed by atoms with Crippen LogP contribution in [0.2, 0.25) is 0 Å². The van der Waals surface area contributed by atoms with Crippen molar-refractivity contribution in [2.24, 2.45) is 11.8 Å². The number of aromatic nitrogens is 2. The zero-order valence-electron chi connectivity index (χ0n) is 11.3. The minimum atomic E-state index is -0.0949. The van der Waals surface area contributed by atoms with E-state index in [0.717, 1.165) is 30.6 Å². The van der Waals surface area contributed by atoms with E-state index < -0.39 is 0 Å². The summed E-state index contributed by atoms with van der Waals surface area (Å²) in [5, 5.41) is 0. The molecule has 1 fully saturated rings. The maximum absolute atomic E-state index is 11.3. The molecule has 1 aromatic rings. The number of aryl methyl sites for hydroxylation is 1. The second-order valence-corrected chi connectivity index (χ2v) is 5.47. The van der Waals surface area contributed by atoms with Gasteiger partial charge in [-0.15, -0.1) is 0 Å². The maximum Gasteiger partial charge on any atom is 0.251 e. The number of aromatic amines is 1. The van der Waals surface area contributed by atoms with Gasteiger partial charge in [0.05, 0.1) is 5.69 Å². The van der Waals surface area contributed by atoms with Crippen LogP contribution < -0.4 is 5.56 Å². The predicted molar refractivity (Wildman–Crippen MR) is 73.1 cm³/mol. The molecule has 4 nitrogen and oxygen atoms in total. The summed E-state index contributed by atoms with van der Waals surface area (Å²) in [5.41, 5.74) is 0.629. The highest BCUT2D eigenvalue weighted by Gasteiger charge is 2.19. The number of rotatable bonds is 2. The lowest BCUT2D eigenvalue weighted by Crippen LogP contribution is -2.34. The molecule has 2 rings (SSSR count). The average molecular weight is 247 g/mol. The monoisotopic (exact) mass is 247 g/mol. The summed E-state index contributed by atoms with van der Waals surface area (Å²) in [6, 6.07) is 1.53. The number of hydrogen-bond acceptors (Lipinski definition) is 3. The van der Waals surface area contributed by atoms with Gasteiger partial charge < -0.3 is 9.88 Å². The van der Waals surface area contributed by atoms with Gasteiger partial charge in [-0.1, -0.05) is 13.8 Å². The molecule has 2 heterocycles. The van der Waals surface area contributed by atoms with Gasteiger partial charge in [0.15, 0.2) is 0 Å². The van der Waals surface area contributed by atoms with E-state index in [2.05, 4.69) is 34.9 Å². The van der Waals surface area contributed by atoms with Crippen LogP contribution in [0, 0.1) is 18.8 Å². The highest BCUT2D eigenvalue weighted by Crippen LogP contribution is 2.21. The van der Waals surface area contributed by atoms with E-state index in [1.807, 2.05) is 6.08 Å². The third-order valence-electron chi connectivity index (χ3n) is 3.23. The Balaban J connectivity index is 2.08. The maximum atomic E-state index is 11.3. The van der Waals surface area contributed by atoms with Crippen molar-refractivity contribution in [2.75, 3.05) is 13.1 Å². The van der Waals surface area contributed by atoms with Crippen LogP contribution >= 0.6 is 0 Å². The van der Waals surface area contributed by atoms with Gasteiger partial charge in [-0.25, -0.2) is 4.98 Å². The third-order valence-corrected chi connectivity index (χ3v) is 3.23. The van der Waals surface area contributed by atoms with Crippen molar-refractivity contribution in [3.8, 4) is 0 Å². The molecule has 1 N–H and O–H groups in total. The number of hydrogen-bond donors (Lipinski definition) is 1. The number of nitrogens with zero attached hydrogens (tertiary/aromatic N) is 2. The lowest BCUT2D eigenvalue weighted by Gasteiger charge is -2.34. The summed E-state index contributed by atoms with van der Waals surface area (Å²) in [6.07, 6.45) is 5.28. The van der Waals surface area contributed by atoms with Gasteiger partial charge in [0.25, 0.3) is 5.56 Å². The van der Waals surface area contributed by atoms with Crippen molar-refractivity contribution in [3.63, 3.8) is 0 Å². The van der Waals surface area contributed by atoms with E-state index in [-0.39, 0.29) is 5.56 Å². The van der Waals surface area contributed by atoms with Gasteiger partial charge in [0.1, 0.15) is 5.82 Å². The molecule has 0 aromatic carbocycles. The quantitative estimate of drug-likeness (QED) is 0.870. The Morgan fingerprint density at radius 1 is 1.39 bits per heavy atom. The normalized spacial score (nSPS) is 24.7. The van der Waals surface area contributed by atoms with E-state index in [1.165, 1.54) is 12.5 Å². The smallest absolute Gasteiger partial charge is 0.251 e. The Morgan fingerprint density at radius 3 is 2.67 bits per heavy atom. The zero-order valence-corrected chi connectivity index (χ0v) is 11.3. The highest BCUT2D eigenvalue weighted by atomic mass is 16.1. The van der Waals surface area contributed by atoms with Crippen molar-refractivity contribution in [3.05, 3.63) is 34.1 Å². The minimum absolute atomic E-state index is 0.0949. The first-order valence-electron chi connectivity index (χ1n) is 6.53. The van der Waals surface area contributed by atoms with Crippen LogP contribution in [0.5, 0.6) is 0 Å². The number of piperidine rings is 1. The molecule has 4 heteroatoms.